The van der Waals surface area contributed by atoms with Crippen LogP contribution in [0.25, 0.3) is 0 Å². The van der Waals surface area contributed by atoms with E-state index >= 15 is 0 Å². The summed E-state index contributed by atoms with van der Waals surface area (Å²) in [5.41, 5.74) is 0.441. The maximum absolute atomic E-state index is 12.7. The van der Waals surface area contributed by atoms with Gasteiger partial charge in [0.2, 0.25) is 0 Å². The van der Waals surface area contributed by atoms with E-state index in [2.05, 4.69) is 15.4 Å². The van der Waals surface area contributed by atoms with Gasteiger partial charge in [0.05, 0.1) is 7.11 Å². The van der Waals surface area contributed by atoms with E-state index in [1.165, 1.54) is 31.4 Å². The third kappa shape index (κ3) is 4.53. The van der Waals surface area contributed by atoms with Crippen LogP contribution < -0.4 is 10.6 Å². The van der Waals surface area contributed by atoms with Gasteiger partial charge >= 0.3 is 12.0 Å². The third-order valence-corrected chi connectivity index (χ3v) is 3.06. The van der Waals surface area contributed by atoms with E-state index in [1.807, 2.05) is 13.8 Å². The molecule has 2 amide bonds. The lowest BCUT2D eigenvalue weighted by atomic mass is 9.99. The van der Waals surface area contributed by atoms with Crippen LogP contribution in [0.5, 0.6) is 0 Å². The molecule has 6 heteroatoms. The highest BCUT2D eigenvalue weighted by Crippen LogP contribution is 2.11. The van der Waals surface area contributed by atoms with E-state index in [0.717, 1.165) is 6.42 Å². The number of carbonyl (C=O) groups excluding carboxylic acids is 2. The predicted octanol–water partition coefficient (Wildman–Crippen LogP) is 2.53. The van der Waals surface area contributed by atoms with Gasteiger partial charge in [0.15, 0.2) is 0 Å². The summed E-state index contributed by atoms with van der Waals surface area (Å²) in [4.78, 5) is 23.5. The fourth-order valence-corrected chi connectivity index (χ4v) is 1.64. The van der Waals surface area contributed by atoms with Crippen LogP contribution in [0.4, 0.5) is 14.9 Å². The monoisotopic (exact) mass is 282 g/mol. The van der Waals surface area contributed by atoms with Crippen molar-refractivity contribution in [3.05, 3.63) is 30.1 Å². The Bertz CT molecular complexity index is 462. The normalized spacial score (nSPS) is 13.2. The van der Waals surface area contributed by atoms with Crippen LogP contribution in [0.1, 0.15) is 20.3 Å². The Labute approximate surface area is 117 Å². The summed E-state index contributed by atoms with van der Waals surface area (Å²) in [7, 11) is 1.28. The molecule has 0 heterocycles. The molecule has 110 valence electrons. The highest BCUT2D eigenvalue weighted by Gasteiger charge is 2.26. The zero-order valence-corrected chi connectivity index (χ0v) is 11.8. The van der Waals surface area contributed by atoms with Crippen molar-refractivity contribution in [2.45, 2.75) is 26.3 Å². The van der Waals surface area contributed by atoms with E-state index < -0.39 is 18.0 Å². The SMILES string of the molecule is CC[C@@H](C)[C@H](NC(=O)Nc1ccc(F)cc1)C(=O)OC. The summed E-state index contributed by atoms with van der Waals surface area (Å²) in [6.45, 7) is 3.76. The number of esters is 1. The summed E-state index contributed by atoms with van der Waals surface area (Å²) in [6.07, 6.45) is 0.719. The lowest BCUT2D eigenvalue weighted by molar-refractivity contribution is -0.144. The minimum Gasteiger partial charge on any atom is -0.467 e. The van der Waals surface area contributed by atoms with Crippen molar-refractivity contribution < 1.29 is 18.7 Å². The number of benzene rings is 1. The standard InChI is InChI=1S/C14H19FN2O3/c1-4-9(2)12(13(18)20-3)17-14(19)16-11-7-5-10(15)6-8-11/h5-9,12H,4H2,1-3H3,(H2,16,17,19)/t9-,12+/m1/s1. The Kier molecular flexibility index (Phi) is 5.96. The second-order valence-corrected chi connectivity index (χ2v) is 4.49. The van der Waals surface area contributed by atoms with Gasteiger partial charge in [-0.05, 0) is 30.2 Å². The minimum absolute atomic E-state index is 0.0542. The molecular weight excluding hydrogens is 263 g/mol. The molecule has 2 N–H and O–H groups in total. The Morgan fingerprint density at radius 3 is 2.40 bits per heavy atom. The van der Waals surface area contributed by atoms with Crippen LogP contribution in [-0.2, 0) is 9.53 Å². The zero-order valence-electron chi connectivity index (χ0n) is 11.8. The molecule has 0 aliphatic heterocycles. The first-order valence-corrected chi connectivity index (χ1v) is 6.38. The molecule has 0 saturated carbocycles. The minimum atomic E-state index is -0.717. The molecule has 0 unspecified atom stereocenters. The summed E-state index contributed by atoms with van der Waals surface area (Å²) in [5, 5.41) is 5.10. The Morgan fingerprint density at radius 2 is 1.90 bits per heavy atom. The van der Waals surface area contributed by atoms with Crippen molar-refractivity contribution in [3.8, 4) is 0 Å². The van der Waals surface area contributed by atoms with Gasteiger partial charge in [-0.3, -0.25) is 0 Å². The molecule has 1 rings (SSSR count). The number of methoxy groups -OCH3 is 1. The van der Waals surface area contributed by atoms with Gasteiger partial charge in [-0.2, -0.15) is 0 Å². The number of rotatable bonds is 5. The van der Waals surface area contributed by atoms with Crippen LogP contribution in [0, 0.1) is 11.7 Å². The Hall–Kier alpha value is -2.11. The van der Waals surface area contributed by atoms with E-state index in [-0.39, 0.29) is 11.7 Å². The summed E-state index contributed by atoms with van der Waals surface area (Å²) in [5.74, 6) is -0.932. The molecule has 0 aliphatic carbocycles. The molecule has 0 aromatic heterocycles. The molecule has 0 bridgehead atoms. The van der Waals surface area contributed by atoms with Gasteiger partial charge in [-0.1, -0.05) is 20.3 Å². The highest BCUT2D eigenvalue weighted by molar-refractivity contribution is 5.92. The number of halogens is 1. The van der Waals surface area contributed by atoms with Crippen LogP contribution >= 0.6 is 0 Å². The quantitative estimate of drug-likeness (QED) is 0.815. The smallest absolute Gasteiger partial charge is 0.328 e. The lowest BCUT2D eigenvalue weighted by Crippen LogP contribution is -2.47. The summed E-state index contributed by atoms with van der Waals surface area (Å²) in [6, 6.07) is 4.10. The average molecular weight is 282 g/mol. The Morgan fingerprint density at radius 1 is 1.30 bits per heavy atom. The molecule has 0 fully saturated rings. The maximum atomic E-state index is 12.7. The Balaban J connectivity index is 2.66. The topological polar surface area (TPSA) is 67.4 Å². The van der Waals surface area contributed by atoms with Crippen LogP contribution in [-0.4, -0.2) is 25.2 Å². The molecule has 2 atom stereocenters. The van der Waals surface area contributed by atoms with Gasteiger partial charge < -0.3 is 15.4 Å². The van der Waals surface area contributed by atoms with Crippen LogP contribution in [0.3, 0.4) is 0 Å². The summed E-state index contributed by atoms with van der Waals surface area (Å²) >= 11 is 0. The third-order valence-electron chi connectivity index (χ3n) is 3.06. The second kappa shape index (κ2) is 7.47. The molecule has 20 heavy (non-hydrogen) atoms. The molecule has 1 aromatic rings. The van der Waals surface area contributed by atoms with Crippen molar-refractivity contribution in [2.24, 2.45) is 5.92 Å². The van der Waals surface area contributed by atoms with Gasteiger partial charge in [-0.15, -0.1) is 0 Å². The van der Waals surface area contributed by atoms with Gasteiger partial charge in [0, 0.05) is 5.69 Å². The molecule has 0 saturated heterocycles. The first-order valence-electron chi connectivity index (χ1n) is 6.38. The van der Waals surface area contributed by atoms with E-state index in [9.17, 15) is 14.0 Å². The van der Waals surface area contributed by atoms with E-state index in [4.69, 9.17) is 0 Å². The first kappa shape index (κ1) is 15.9. The fraction of sp³-hybridized carbons (Fsp3) is 0.429. The molecule has 0 radical (unpaired) electrons. The molecule has 0 aliphatic rings. The van der Waals surface area contributed by atoms with Gasteiger partial charge in [-0.25, -0.2) is 14.0 Å². The van der Waals surface area contributed by atoms with Crippen molar-refractivity contribution in [1.82, 2.24) is 5.32 Å². The zero-order chi connectivity index (χ0) is 15.1. The number of carbonyl (C=O) groups is 2. The first-order chi connectivity index (χ1) is 9.47. The van der Waals surface area contributed by atoms with Crippen LogP contribution in [0.2, 0.25) is 0 Å². The van der Waals surface area contributed by atoms with Crippen molar-refractivity contribution in [3.63, 3.8) is 0 Å². The van der Waals surface area contributed by atoms with Crippen molar-refractivity contribution in [2.75, 3.05) is 12.4 Å². The molecular formula is C14H19FN2O3. The average Bonchev–Trinajstić information content (AvgIpc) is 2.45. The van der Waals surface area contributed by atoms with Crippen molar-refractivity contribution >= 4 is 17.7 Å². The van der Waals surface area contributed by atoms with Crippen molar-refractivity contribution in [1.29, 1.82) is 0 Å². The number of anilines is 1. The molecule has 0 spiro atoms. The number of ether oxygens (including phenoxy) is 1. The van der Waals surface area contributed by atoms with E-state index in [0.29, 0.717) is 5.69 Å². The lowest BCUT2D eigenvalue weighted by Gasteiger charge is -2.22. The number of nitrogens with one attached hydrogen (secondary N) is 2. The number of hydrogen-bond donors (Lipinski definition) is 2. The summed E-state index contributed by atoms with van der Waals surface area (Å²) < 4.78 is 17.4. The van der Waals surface area contributed by atoms with Gasteiger partial charge in [0.1, 0.15) is 11.9 Å². The highest BCUT2D eigenvalue weighted by atomic mass is 19.1. The van der Waals surface area contributed by atoms with Gasteiger partial charge in [0.25, 0.3) is 0 Å². The van der Waals surface area contributed by atoms with E-state index in [1.54, 1.807) is 0 Å². The largest absolute Gasteiger partial charge is 0.467 e. The molecule has 5 nitrogen and oxygen atoms in total. The number of urea groups is 1. The predicted molar refractivity (Wildman–Crippen MR) is 73.8 cm³/mol. The number of hydrogen-bond acceptors (Lipinski definition) is 3. The maximum Gasteiger partial charge on any atom is 0.328 e. The second-order valence-electron chi connectivity index (χ2n) is 4.49. The fourth-order valence-electron chi connectivity index (χ4n) is 1.64. The molecule has 1 aromatic carbocycles. The number of amides is 2. The van der Waals surface area contributed by atoms with Crippen LogP contribution in [0.15, 0.2) is 24.3 Å².